The Kier molecular flexibility index (Phi) is 5.39. The summed E-state index contributed by atoms with van der Waals surface area (Å²) in [5.74, 6) is -0.404. The van der Waals surface area contributed by atoms with Crippen LogP contribution in [0, 0.1) is 0 Å². The Morgan fingerprint density at radius 1 is 1.18 bits per heavy atom. The zero-order chi connectivity index (χ0) is 16.2. The Balaban J connectivity index is 2.04. The van der Waals surface area contributed by atoms with Crippen molar-refractivity contribution in [3.05, 3.63) is 0 Å². The number of rotatable bonds is 6. The summed E-state index contributed by atoms with van der Waals surface area (Å²) in [4.78, 5) is 39.9. The minimum Gasteiger partial charge on any atom is -0.341 e. The fourth-order valence-corrected chi connectivity index (χ4v) is 3.15. The first kappa shape index (κ1) is 16.7. The first-order valence-electron chi connectivity index (χ1n) is 8.16. The van der Waals surface area contributed by atoms with Crippen molar-refractivity contribution in [3.63, 3.8) is 0 Å². The highest BCUT2D eigenvalue weighted by Gasteiger charge is 2.51. The van der Waals surface area contributed by atoms with Gasteiger partial charge in [0, 0.05) is 13.1 Å². The maximum atomic E-state index is 12.6. The molecule has 1 spiro atoms. The molecule has 2 aliphatic rings. The Labute approximate surface area is 131 Å². The van der Waals surface area contributed by atoms with Crippen LogP contribution in [0.25, 0.3) is 0 Å². The number of amides is 4. The summed E-state index contributed by atoms with van der Waals surface area (Å²) in [5, 5.41) is 5.99. The van der Waals surface area contributed by atoms with Gasteiger partial charge >= 0.3 is 6.03 Å². The first-order chi connectivity index (χ1) is 10.5. The quantitative estimate of drug-likeness (QED) is 0.692. The molecule has 22 heavy (non-hydrogen) atoms. The first-order valence-corrected chi connectivity index (χ1v) is 8.16. The molecule has 2 N–H and O–H groups in total. The van der Waals surface area contributed by atoms with Crippen LogP contribution in [0.1, 0.15) is 39.5 Å². The van der Waals surface area contributed by atoms with Crippen LogP contribution in [0.15, 0.2) is 0 Å². The van der Waals surface area contributed by atoms with E-state index in [4.69, 9.17) is 0 Å². The van der Waals surface area contributed by atoms with Gasteiger partial charge in [0.05, 0.1) is 0 Å². The second-order valence-corrected chi connectivity index (χ2v) is 6.03. The molecule has 0 bridgehead atoms. The number of imide groups is 1. The van der Waals surface area contributed by atoms with Gasteiger partial charge in [-0.25, -0.2) is 4.79 Å². The van der Waals surface area contributed by atoms with Crippen LogP contribution in [0.3, 0.4) is 0 Å². The maximum Gasteiger partial charge on any atom is 0.325 e. The average molecular weight is 310 g/mol. The zero-order valence-electron chi connectivity index (χ0n) is 13.5. The molecule has 0 saturated carbocycles. The van der Waals surface area contributed by atoms with Crippen molar-refractivity contribution in [2.24, 2.45) is 0 Å². The summed E-state index contributed by atoms with van der Waals surface area (Å²) in [6, 6.07) is -0.437. The van der Waals surface area contributed by atoms with Gasteiger partial charge in [-0.15, -0.1) is 0 Å². The van der Waals surface area contributed by atoms with Gasteiger partial charge in [-0.3, -0.25) is 14.5 Å². The number of carbonyl (C=O) groups excluding carboxylic acids is 3. The lowest BCUT2D eigenvalue weighted by Crippen LogP contribution is -2.54. The van der Waals surface area contributed by atoms with Crippen molar-refractivity contribution >= 4 is 17.8 Å². The molecule has 7 nitrogen and oxygen atoms in total. The largest absolute Gasteiger partial charge is 0.341 e. The lowest BCUT2D eigenvalue weighted by atomic mass is 9.88. The predicted octanol–water partition coefficient (Wildman–Crippen LogP) is 0.309. The third-order valence-corrected chi connectivity index (χ3v) is 4.34. The van der Waals surface area contributed by atoms with Crippen LogP contribution in [-0.2, 0) is 9.59 Å². The van der Waals surface area contributed by atoms with Crippen molar-refractivity contribution in [2.75, 3.05) is 32.7 Å². The normalized spacial score (nSPS) is 20.4. The fourth-order valence-electron chi connectivity index (χ4n) is 3.15. The van der Waals surface area contributed by atoms with E-state index in [0.29, 0.717) is 39.0 Å². The summed E-state index contributed by atoms with van der Waals surface area (Å²) in [5.41, 5.74) is -0.803. The fraction of sp³-hybridized carbons (Fsp3) is 0.800. The molecule has 2 heterocycles. The van der Waals surface area contributed by atoms with E-state index in [1.807, 2.05) is 13.8 Å². The maximum absolute atomic E-state index is 12.6. The summed E-state index contributed by atoms with van der Waals surface area (Å²) in [6.07, 6.45) is 2.88. The van der Waals surface area contributed by atoms with Gasteiger partial charge in [-0.2, -0.15) is 0 Å². The molecule has 0 unspecified atom stereocenters. The smallest absolute Gasteiger partial charge is 0.325 e. The number of piperidine rings is 1. The SMILES string of the molecule is CCCN(CCC)C(=O)CN1C(=O)NC2(CCNCC2)C1=O. The molecule has 0 aromatic heterocycles. The number of hydrogen-bond donors (Lipinski definition) is 2. The van der Waals surface area contributed by atoms with Crippen LogP contribution < -0.4 is 10.6 Å². The number of urea groups is 1. The summed E-state index contributed by atoms with van der Waals surface area (Å²) < 4.78 is 0. The van der Waals surface area contributed by atoms with Gasteiger partial charge in [0.25, 0.3) is 5.91 Å². The summed E-state index contributed by atoms with van der Waals surface area (Å²) in [6.45, 7) is 6.58. The highest BCUT2D eigenvalue weighted by atomic mass is 16.2. The Morgan fingerprint density at radius 2 is 1.77 bits per heavy atom. The van der Waals surface area contributed by atoms with Gasteiger partial charge < -0.3 is 15.5 Å². The molecular weight excluding hydrogens is 284 g/mol. The standard InChI is InChI=1S/C15H26N4O3/c1-3-9-18(10-4-2)12(20)11-19-13(21)15(17-14(19)22)5-7-16-8-6-15/h16H,3-11H2,1-2H3,(H,17,22). The van der Waals surface area contributed by atoms with Gasteiger partial charge in [0.2, 0.25) is 5.91 Å². The highest BCUT2D eigenvalue weighted by Crippen LogP contribution is 2.26. The van der Waals surface area contributed by atoms with Crippen LogP contribution in [0.4, 0.5) is 4.79 Å². The van der Waals surface area contributed by atoms with Crippen LogP contribution in [0.5, 0.6) is 0 Å². The van der Waals surface area contributed by atoms with Crippen molar-refractivity contribution in [2.45, 2.75) is 45.1 Å². The van der Waals surface area contributed by atoms with E-state index in [1.165, 1.54) is 0 Å². The Bertz CT molecular complexity index is 440. The Hall–Kier alpha value is -1.63. The van der Waals surface area contributed by atoms with E-state index in [1.54, 1.807) is 4.90 Å². The van der Waals surface area contributed by atoms with Crippen molar-refractivity contribution in [1.29, 1.82) is 0 Å². The van der Waals surface area contributed by atoms with Gasteiger partial charge in [0.15, 0.2) is 0 Å². The topological polar surface area (TPSA) is 81.8 Å². The molecule has 0 atom stereocenters. The molecule has 0 aliphatic carbocycles. The minimum absolute atomic E-state index is 0.153. The third kappa shape index (κ3) is 3.24. The summed E-state index contributed by atoms with van der Waals surface area (Å²) in [7, 11) is 0. The second kappa shape index (κ2) is 7.09. The molecule has 0 radical (unpaired) electrons. The predicted molar refractivity (Wildman–Crippen MR) is 82.2 cm³/mol. The molecule has 2 saturated heterocycles. The van der Waals surface area contributed by atoms with E-state index in [2.05, 4.69) is 10.6 Å². The van der Waals surface area contributed by atoms with Gasteiger partial charge in [-0.05, 0) is 38.8 Å². The van der Waals surface area contributed by atoms with E-state index < -0.39 is 11.6 Å². The molecular formula is C15H26N4O3. The van der Waals surface area contributed by atoms with Crippen molar-refractivity contribution in [1.82, 2.24) is 20.4 Å². The van der Waals surface area contributed by atoms with Crippen molar-refractivity contribution < 1.29 is 14.4 Å². The molecule has 2 aliphatic heterocycles. The molecule has 7 heteroatoms. The van der Waals surface area contributed by atoms with E-state index >= 15 is 0 Å². The van der Waals surface area contributed by atoms with E-state index in [-0.39, 0.29) is 18.4 Å². The number of carbonyl (C=O) groups is 3. The average Bonchev–Trinajstić information content (AvgIpc) is 2.72. The second-order valence-electron chi connectivity index (χ2n) is 6.03. The van der Waals surface area contributed by atoms with E-state index in [9.17, 15) is 14.4 Å². The molecule has 4 amide bonds. The molecule has 124 valence electrons. The Morgan fingerprint density at radius 3 is 2.32 bits per heavy atom. The lowest BCUT2D eigenvalue weighted by Gasteiger charge is -2.31. The molecule has 2 fully saturated rings. The molecule has 2 rings (SSSR count). The number of hydrogen-bond acceptors (Lipinski definition) is 4. The molecule has 0 aromatic carbocycles. The molecule has 0 aromatic rings. The van der Waals surface area contributed by atoms with Crippen LogP contribution >= 0.6 is 0 Å². The number of nitrogens with zero attached hydrogens (tertiary/aromatic N) is 2. The summed E-state index contributed by atoms with van der Waals surface area (Å²) >= 11 is 0. The number of nitrogens with one attached hydrogen (secondary N) is 2. The van der Waals surface area contributed by atoms with Crippen LogP contribution in [-0.4, -0.2) is 65.9 Å². The third-order valence-electron chi connectivity index (χ3n) is 4.34. The highest BCUT2D eigenvalue weighted by molar-refractivity contribution is 6.09. The van der Waals surface area contributed by atoms with Crippen molar-refractivity contribution in [3.8, 4) is 0 Å². The zero-order valence-corrected chi connectivity index (χ0v) is 13.5. The lowest BCUT2D eigenvalue weighted by molar-refractivity contribution is -0.139. The van der Waals surface area contributed by atoms with E-state index in [0.717, 1.165) is 17.7 Å². The monoisotopic (exact) mass is 310 g/mol. The van der Waals surface area contributed by atoms with Gasteiger partial charge in [-0.1, -0.05) is 13.8 Å². The minimum atomic E-state index is -0.803. The van der Waals surface area contributed by atoms with Gasteiger partial charge in [0.1, 0.15) is 12.1 Å². The van der Waals surface area contributed by atoms with Crippen LogP contribution in [0.2, 0.25) is 0 Å².